The monoisotopic (exact) mass is 240 g/mol. The van der Waals surface area contributed by atoms with E-state index in [0.29, 0.717) is 18.3 Å². The Bertz CT molecular complexity index is 330. The van der Waals surface area contributed by atoms with Crippen molar-refractivity contribution >= 4 is 11.9 Å². The summed E-state index contributed by atoms with van der Waals surface area (Å²) < 4.78 is 0. The van der Waals surface area contributed by atoms with Crippen molar-refractivity contribution in [3.63, 3.8) is 0 Å². The van der Waals surface area contributed by atoms with Crippen molar-refractivity contribution < 1.29 is 14.7 Å². The Morgan fingerprint density at radius 1 is 1.41 bits per heavy atom. The lowest BCUT2D eigenvalue weighted by atomic mass is 9.84. The lowest BCUT2D eigenvalue weighted by Gasteiger charge is -2.28. The first kappa shape index (κ1) is 12.4. The highest BCUT2D eigenvalue weighted by Crippen LogP contribution is 2.47. The first-order chi connectivity index (χ1) is 8.04. The number of carbonyl (C=O) groups excluding carboxylic acids is 1. The second kappa shape index (κ2) is 4.64. The zero-order valence-electron chi connectivity index (χ0n) is 10.1. The minimum Gasteiger partial charge on any atom is -0.480 e. The number of hydrogen-bond donors (Lipinski definition) is 3. The number of carboxylic acid groups (broad SMARTS) is 1. The van der Waals surface area contributed by atoms with Gasteiger partial charge in [-0.1, -0.05) is 6.92 Å². The molecule has 2 rings (SSSR count). The first-order valence-corrected chi connectivity index (χ1v) is 6.33. The van der Waals surface area contributed by atoms with Crippen molar-refractivity contribution in [3.05, 3.63) is 0 Å². The summed E-state index contributed by atoms with van der Waals surface area (Å²) in [5, 5.41) is 11.5. The van der Waals surface area contributed by atoms with E-state index in [1.807, 2.05) is 0 Å². The summed E-state index contributed by atoms with van der Waals surface area (Å²) in [6.45, 7) is 1.75. The van der Waals surface area contributed by atoms with E-state index in [1.54, 1.807) is 6.92 Å². The van der Waals surface area contributed by atoms with Gasteiger partial charge in [-0.25, -0.2) is 4.79 Å². The number of nitrogens with one attached hydrogen (secondary N) is 1. The van der Waals surface area contributed by atoms with Crippen LogP contribution in [0.4, 0.5) is 0 Å². The summed E-state index contributed by atoms with van der Waals surface area (Å²) in [5.41, 5.74) is 6.05. The van der Waals surface area contributed by atoms with Crippen LogP contribution >= 0.6 is 0 Å². The Hall–Kier alpha value is -1.10. The lowest BCUT2D eigenvalue weighted by molar-refractivity contribution is -0.143. The summed E-state index contributed by atoms with van der Waals surface area (Å²) in [6.07, 6.45) is 3.60. The van der Waals surface area contributed by atoms with E-state index in [-0.39, 0.29) is 17.9 Å². The normalized spacial score (nSPS) is 36.8. The summed E-state index contributed by atoms with van der Waals surface area (Å²) in [5.74, 6) is -0.499. The van der Waals surface area contributed by atoms with E-state index in [4.69, 9.17) is 10.8 Å². The quantitative estimate of drug-likeness (QED) is 0.660. The molecule has 0 aromatic heterocycles. The Morgan fingerprint density at radius 2 is 2.06 bits per heavy atom. The molecule has 0 aliphatic heterocycles. The van der Waals surface area contributed by atoms with Crippen LogP contribution in [0, 0.1) is 17.8 Å². The summed E-state index contributed by atoms with van der Waals surface area (Å²) in [7, 11) is 0. The number of fused-ring (bicyclic) bond motifs is 2. The van der Waals surface area contributed by atoms with Crippen molar-refractivity contribution in [2.24, 2.45) is 23.5 Å². The number of amides is 1. The highest BCUT2D eigenvalue weighted by atomic mass is 16.4. The van der Waals surface area contributed by atoms with Crippen LogP contribution in [0.5, 0.6) is 0 Å². The number of carboxylic acids is 1. The van der Waals surface area contributed by atoms with Gasteiger partial charge < -0.3 is 16.2 Å². The number of aliphatic carboxylic acids is 1. The second-order valence-electron chi connectivity index (χ2n) is 5.24. The Balaban J connectivity index is 1.98. The molecule has 0 aromatic rings. The summed E-state index contributed by atoms with van der Waals surface area (Å²) in [6, 6.07) is -0.867. The molecule has 5 nitrogen and oxygen atoms in total. The van der Waals surface area contributed by atoms with Crippen molar-refractivity contribution in [1.29, 1.82) is 0 Å². The first-order valence-electron chi connectivity index (χ1n) is 6.33. The fourth-order valence-corrected chi connectivity index (χ4v) is 3.33. The van der Waals surface area contributed by atoms with Crippen LogP contribution < -0.4 is 11.1 Å². The molecule has 0 radical (unpaired) electrons. The van der Waals surface area contributed by atoms with Crippen LogP contribution in [-0.4, -0.2) is 29.1 Å². The number of nitrogens with two attached hydrogens (primary N) is 1. The molecule has 2 bridgehead atoms. The maximum Gasteiger partial charge on any atom is 0.326 e. The van der Waals surface area contributed by atoms with Gasteiger partial charge in [0.25, 0.3) is 0 Å². The van der Waals surface area contributed by atoms with Crippen LogP contribution in [-0.2, 0) is 9.59 Å². The summed E-state index contributed by atoms with van der Waals surface area (Å²) >= 11 is 0. The van der Waals surface area contributed by atoms with Crippen LogP contribution in [0.1, 0.15) is 32.6 Å². The molecule has 2 saturated carbocycles. The van der Waals surface area contributed by atoms with Crippen molar-refractivity contribution in [1.82, 2.24) is 5.32 Å². The molecule has 2 fully saturated rings. The molecule has 0 saturated heterocycles. The van der Waals surface area contributed by atoms with E-state index in [1.165, 1.54) is 0 Å². The van der Waals surface area contributed by atoms with E-state index in [9.17, 15) is 9.59 Å². The highest BCUT2D eigenvalue weighted by molar-refractivity contribution is 5.85. The van der Waals surface area contributed by atoms with Crippen LogP contribution in [0.15, 0.2) is 0 Å². The fourth-order valence-electron chi connectivity index (χ4n) is 3.33. The molecule has 96 valence electrons. The largest absolute Gasteiger partial charge is 0.480 e. The minimum absolute atomic E-state index is 0.0833. The third-order valence-corrected chi connectivity index (χ3v) is 4.31. The smallest absolute Gasteiger partial charge is 0.326 e. The molecule has 0 aromatic carbocycles. The maximum absolute atomic E-state index is 12.1. The van der Waals surface area contributed by atoms with Crippen LogP contribution in [0.25, 0.3) is 0 Å². The Morgan fingerprint density at radius 3 is 2.53 bits per heavy atom. The molecule has 5 atom stereocenters. The van der Waals surface area contributed by atoms with Gasteiger partial charge in [-0.2, -0.15) is 0 Å². The lowest BCUT2D eigenvalue weighted by Crippen LogP contribution is -2.49. The van der Waals surface area contributed by atoms with Gasteiger partial charge in [-0.3, -0.25) is 4.79 Å². The Labute approximate surface area is 101 Å². The van der Waals surface area contributed by atoms with Gasteiger partial charge in [0.15, 0.2) is 0 Å². The average Bonchev–Trinajstić information content (AvgIpc) is 2.85. The average molecular weight is 240 g/mol. The molecule has 0 spiro atoms. The molecule has 4 N–H and O–H groups in total. The molecular weight excluding hydrogens is 220 g/mol. The maximum atomic E-state index is 12.1. The molecular formula is C12H20N2O3. The molecule has 17 heavy (non-hydrogen) atoms. The van der Waals surface area contributed by atoms with Gasteiger partial charge >= 0.3 is 5.97 Å². The van der Waals surface area contributed by atoms with Gasteiger partial charge in [0, 0.05) is 6.04 Å². The van der Waals surface area contributed by atoms with Crippen molar-refractivity contribution in [3.8, 4) is 0 Å². The van der Waals surface area contributed by atoms with Crippen LogP contribution in [0.3, 0.4) is 0 Å². The predicted octanol–water partition coefficient (Wildman–Crippen LogP) is 0.339. The molecule has 5 unspecified atom stereocenters. The molecule has 5 heteroatoms. The minimum atomic E-state index is -0.974. The van der Waals surface area contributed by atoms with Crippen molar-refractivity contribution in [2.75, 3.05) is 0 Å². The van der Waals surface area contributed by atoms with E-state index in [2.05, 4.69) is 5.32 Å². The van der Waals surface area contributed by atoms with E-state index in [0.717, 1.165) is 19.3 Å². The van der Waals surface area contributed by atoms with Gasteiger partial charge in [0.1, 0.15) is 6.04 Å². The highest BCUT2D eigenvalue weighted by Gasteiger charge is 2.49. The molecule has 2 aliphatic carbocycles. The second-order valence-corrected chi connectivity index (χ2v) is 5.24. The number of carbonyl (C=O) groups is 2. The Kier molecular flexibility index (Phi) is 3.38. The van der Waals surface area contributed by atoms with E-state index >= 15 is 0 Å². The van der Waals surface area contributed by atoms with Crippen molar-refractivity contribution in [2.45, 2.75) is 44.7 Å². The molecule has 1 amide bonds. The standard InChI is InChI=1S/C12H20N2O3/c1-2-8(12(16)17)14-11(15)9-6-3-4-7(5-6)10(9)13/h6-10H,2-5,13H2,1H3,(H,14,15)(H,16,17). The number of hydrogen-bond acceptors (Lipinski definition) is 3. The number of rotatable bonds is 4. The zero-order valence-corrected chi connectivity index (χ0v) is 10.1. The van der Waals surface area contributed by atoms with Gasteiger partial charge in [0.05, 0.1) is 5.92 Å². The molecule has 0 heterocycles. The SMILES string of the molecule is CCC(NC(=O)C1C2CCC(C2)C1N)C(=O)O. The van der Waals surface area contributed by atoms with Gasteiger partial charge in [-0.15, -0.1) is 0 Å². The summed E-state index contributed by atoms with van der Waals surface area (Å²) in [4.78, 5) is 22.9. The third kappa shape index (κ3) is 2.16. The fraction of sp³-hybridized carbons (Fsp3) is 0.833. The van der Waals surface area contributed by atoms with Gasteiger partial charge in [-0.05, 0) is 37.5 Å². The zero-order chi connectivity index (χ0) is 12.6. The molecule has 2 aliphatic rings. The third-order valence-electron chi connectivity index (χ3n) is 4.31. The van der Waals surface area contributed by atoms with Gasteiger partial charge in [0.2, 0.25) is 5.91 Å². The topological polar surface area (TPSA) is 92.4 Å². The van der Waals surface area contributed by atoms with E-state index < -0.39 is 12.0 Å². The predicted molar refractivity (Wildman–Crippen MR) is 62.2 cm³/mol. The van der Waals surface area contributed by atoms with Crippen LogP contribution in [0.2, 0.25) is 0 Å².